The lowest BCUT2D eigenvalue weighted by atomic mass is 10.2. The van der Waals surface area contributed by atoms with Crippen molar-refractivity contribution in [2.24, 2.45) is 0 Å². The van der Waals surface area contributed by atoms with Crippen molar-refractivity contribution < 1.29 is 0 Å². The largest absolute Gasteiger partial charge is 0.300 e. The van der Waals surface area contributed by atoms with E-state index in [1.54, 1.807) is 12.4 Å². The van der Waals surface area contributed by atoms with Crippen molar-refractivity contribution in [2.75, 3.05) is 0 Å². The van der Waals surface area contributed by atoms with Crippen LogP contribution in [0.4, 0.5) is 0 Å². The second-order valence-corrected chi connectivity index (χ2v) is 4.62. The lowest BCUT2D eigenvalue weighted by Crippen LogP contribution is -1.96. The number of hydrogen-bond donors (Lipinski definition) is 0. The summed E-state index contributed by atoms with van der Waals surface area (Å²) in [5, 5.41) is 1.15. The normalized spacial score (nSPS) is 10.9. The zero-order chi connectivity index (χ0) is 14.1. The van der Waals surface area contributed by atoms with Gasteiger partial charge in [0.2, 0.25) is 0 Å². The van der Waals surface area contributed by atoms with E-state index < -0.39 is 0 Å². The maximum absolute atomic E-state index is 4.52. The highest BCUT2D eigenvalue weighted by Gasteiger charge is 2.05. The molecule has 0 amide bonds. The van der Waals surface area contributed by atoms with E-state index >= 15 is 0 Å². The minimum atomic E-state index is 0.857. The van der Waals surface area contributed by atoms with E-state index in [-0.39, 0.29) is 0 Å². The van der Waals surface area contributed by atoms with Gasteiger partial charge >= 0.3 is 0 Å². The van der Waals surface area contributed by atoms with E-state index in [2.05, 4.69) is 26.0 Å². The van der Waals surface area contributed by atoms with E-state index in [1.165, 1.54) is 6.33 Å². The molecular formula is C16H11N5. The van der Waals surface area contributed by atoms with Gasteiger partial charge < -0.3 is 0 Å². The average molecular weight is 273 g/mol. The number of aromatic nitrogens is 5. The Morgan fingerprint density at radius 2 is 1.76 bits per heavy atom. The first-order valence-corrected chi connectivity index (χ1v) is 6.56. The lowest BCUT2D eigenvalue weighted by molar-refractivity contribution is 1.04. The second-order valence-electron chi connectivity index (χ2n) is 4.62. The first-order chi connectivity index (χ1) is 10.4. The molecule has 0 bridgehead atoms. The van der Waals surface area contributed by atoms with Crippen LogP contribution in [0.25, 0.3) is 28.0 Å². The SMILES string of the molecule is c1cc(-c2ccc(-n3ccc4ccncc43)nc2)ncn1. The molecule has 0 radical (unpaired) electrons. The Kier molecular flexibility index (Phi) is 2.67. The third kappa shape index (κ3) is 2.04. The van der Waals surface area contributed by atoms with Crippen LogP contribution in [0.5, 0.6) is 0 Å². The van der Waals surface area contributed by atoms with Gasteiger partial charge in [-0.05, 0) is 30.3 Å². The monoisotopic (exact) mass is 273 g/mol. The molecule has 0 N–H and O–H groups in total. The Hall–Kier alpha value is -3.08. The van der Waals surface area contributed by atoms with E-state index in [4.69, 9.17) is 0 Å². The van der Waals surface area contributed by atoms with Crippen LogP contribution in [-0.4, -0.2) is 24.5 Å². The van der Waals surface area contributed by atoms with Crippen LogP contribution in [0.3, 0.4) is 0 Å². The predicted octanol–water partition coefficient (Wildman–Crippen LogP) is 2.88. The quantitative estimate of drug-likeness (QED) is 0.563. The number of pyridine rings is 2. The van der Waals surface area contributed by atoms with Crippen molar-refractivity contribution in [2.45, 2.75) is 0 Å². The third-order valence-corrected chi connectivity index (χ3v) is 3.37. The summed E-state index contributed by atoms with van der Waals surface area (Å²) in [4.78, 5) is 16.8. The molecule has 0 aromatic carbocycles. The summed E-state index contributed by atoms with van der Waals surface area (Å²) in [5.41, 5.74) is 2.87. The molecule has 4 aromatic heterocycles. The average Bonchev–Trinajstić information content (AvgIpc) is 3.00. The van der Waals surface area contributed by atoms with Gasteiger partial charge in [0.1, 0.15) is 12.1 Å². The van der Waals surface area contributed by atoms with Crippen molar-refractivity contribution in [3.05, 3.63) is 67.6 Å². The first-order valence-electron chi connectivity index (χ1n) is 6.56. The van der Waals surface area contributed by atoms with Crippen LogP contribution >= 0.6 is 0 Å². The molecule has 0 aliphatic carbocycles. The van der Waals surface area contributed by atoms with Gasteiger partial charge in [0.25, 0.3) is 0 Å². The standard InChI is InChI=1S/C16H11N5/c1-2-16(19-9-13(1)14-4-7-18-11-20-14)21-8-5-12-3-6-17-10-15(12)21/h1-11H. The molecule has 5 nitrogen and oxygen atoms in total. The minimum absolute atomic E-state index is 0.857. The zero-order valence-corrected chi connectivity index (χ0v) is 11.1. The summed E-state index contributed by atoms with van der Waals surface area (Å²) < 4.78 is 2.02. The van der Waals surface area contributed by atoms with Crippen molar-refractivity contribution in [1.82, 2.24) is 24.5 Å². The minimum Gasteiger partial charge on any atom is -0.300 e. The van der Waals surface area contributed by atoms with Gasteiger partial charge in [-0.15, -0.1) is 0 Å². The molecule has 21 heavy (non-hydrogen) atoms. The zero-order valence-electron chi connectivity index (χ0n) is 11.1. The van der Waals surface area contributed by atoms with Gasteiger partial charge in [-0.2, -0.15) is 0 Å². The van der Waals surface area contributed by atoms with Crippen molar-refractivity contribution >= 4 is 10.9 Å². The van der Waals surface area contributed by atoms with Crippen molar-refractivity contribution in [3.8, 4) is 17.1 Å². The van der Waals surface area contributed by atoms with Gasteiger partial charge in [-0.1, -0.05) is 0 Å². The molecule has 0 saturated heterocycles. The van der Waals surface area contributed by atoms with Crippen LogP contribution in [-0.2, 0) is 0 Å². The molecular weight excluding hydrogens is 262 g/mol. The first kappa shape index (κ1) is 11.7. The Morgan fingerprint density at radius 1 is 0.810 bits per heavy atom. The topological polar surface area (TPSA) is 56.5 Å². The molecule has 0 spiro atoms. The number of hydrogen-bond acceptors (Lipinski definition) is 4. The molecule has 4 rings (SSSR count). The molecule has 0 aliphatic heterocycles. The molecule has 0 atom stereocenters. The maximum Gasteiger partial charge on any atom is 0.137 e. The van der Waals surface area contributed by atoms with Crippen molar-refractivity contribution in [3.63, 3.8) is 0 Å². The lowest BCUT2D eigenvalue weighted by Gasteiger charge is -2.05. The molecule has 5 heteroatoms. The molecule has 4 aromatic rings. The fraction of sp³-hybridized carbons (Fsp3) is 0. The van der Waals surface area contributed by atoms with Gasteiger partial charge in [0.05, 0.1) is 17.4 Å². The smallest absolute Gasteiger partial charge is 0.137 e. The van der Waals surface area contributed by atoms with Gasteiger partial charge in [0.15, 0.2) is 0 Å². The summed E-state index contributed by atoms with van der Waals surface area (Å²) in [5.74, 6) is 0.857. The van der Waals surface area contributed by atoms with Gasteiger partial charge in [0, 0.05) is 35.7 Å². The highest BCUT2D eigenvalue weighted by molar-refractivity contribution is 5.80. The summed E-state index contributed by atoms with van der Waals surface area (Å²) in [6.07, 6.45) is 10.7. The van der Waals surface area contributed by atoms with E-state index in [9.17, 15) is 0 Å². The molecule has 100 valence electrons. The predicted molar refractivity (Wildman–Crippen MR) is 79.9 cm³/mol. The number of rotatable bonds is 2. The summed E-state index contributed by atoms with van der Waals surface area (Å²) >= 11 is 0. The fourth-order valence-electron chi connectivity index (χ4n) is 2.32. The Balaban J connectivity index is 1.77. The summed E-state index contributed by atoms with van der Waals surface area (Å²) in [7, 11) is 0. The van der Waals surface area contributed by atoms with Crippen LogP contribution in [0.2, 0.25) is 0 Å². The molecule has 0 fully saturated rings. The molecule has 4 heterocycles. The number of nitrogens with zero attached hydrogens (tertiary/aromatic N) is 5. The maximum atomic E-state index is 4.52. The van der Waals surface area contributed by atoms with E-state index in [1.807, 2.05) is 47.4 Å². The van der Waals surface area contributed by atoms with E-state index in [0.717, 1.165) is 28.0 Å². The Bertz CT molecular complexity index is 881. The third-order valence-electron chi connectivity index (χ3n) is 3.37. The fourth-order valence-corrected chi connectivity index (χ4v) is 2.32. The summed E-state index contributed by atoms with van der Waals surface area (Å²) in [6, 6.07) is 9.89. The molecule has 0 unspecified atom stereocenters. The van der Waals surface area contributed by atoms with Crippen LogP contribution in [0.15, 0.2) is 67.6 Å². The van der Waals surface area contributed by atoms with E-state index in [0.29, 0.717) is 0 Å². The second kappa shape index (κ2) is 4.79. The molecule has 0 aliphatic rings. The Morgan fingerprint density at radius 3 is 2.57 bits per heavy atom. The number of fused-ring (bicyclic) bond motifs is 1. The highest BCUT2D eigenvalue weighted by Crippen LogP contribution is 2.20. The van der Waals surface area contributed by atoms with Crippen LogP contribution in [0.1, 0.15) is 0 Å². The van der Waals surface area contributed by atoms with Gasteiger partial charge in [-0.25, -0.2) is 15.0 Å². The van der Waals surface area contributed by atoms with Crippen LogP contribution in [0, 0.1) is 0 Å². The summed E-state index contributed by atoms with van der Waals surface area (Å²) in [6.45, 7) is 0. The molecule has 0 saturated carbocycles. The Labute approximate surface area is 121 Å². The van der Waals surface area contributed by atoms with Crippen LogP contribution < -0.4 is 0 Å². The van der Waals surface area contributed by atoms with Crippen molar-refractivity contribution in [1.29, 1.82) is 0 Å². The van der Waals surface area contributed by atoms with Gasteiger partial charge in [-0.3, -0.25) is 9.55 Å². The highest BCUT2D eigenvalue weighted by atomic mass is 15.1.